The van der Waals surface area contributed by atoms with Crippen molar-refractivity contribution in [3.8, 4) is 16.9 Å². The van der Waals surface area contributed by atoms with E-state index in [4.69, 9.17) is 9.57 Å². The Balaban J connectivity index is 1.34. The molecule has 6 rings (SSSR count). The minimum absolute atomic E-state index is 0.0120. The maximum absolute atomic E-state index is 14.8. The summed E-state index contributed by atoms with van der Waals surface area (Å²) in [7, 11) is 9.68. The number of carbonyl (C=O) groups is 2. The number of benzene rings is 3. The minimum atomic E-state index is -0.910. The zero-order chi connectivity index (χ0) is 42.1. The van der Waals surface area contributed by atoms with Crippen molar-refractivity contribution in [3.63, 3.8) is 0 Å². The predicted octanol–water partition coefficient (Wildman–Crippen LogP) is 6.39. The molecule has 0 radical (unpaired) electrons. The fourth-order valence-electron chi connectivity index (χ4n) is 9.86. The molecule has 11 nitrogen and oxygen atoms in total. The second-order valence-electron chi connectivity index (χ2n) is 18.2. The molecule has 3 aromatic rings. The highest BCUT2D eigenvalue weighted by Gasteiger charge is 2.50. The van der Waals surface area contributed by atoms with Crippen molar-refractivity contribution < 1.29 is 29.4 Å². The van der Waals surface area contributed by atoms with Crippen LogP contribution in [0.25, 0.3) is 11.1 Å². The van der Waals surface area contributed by atoms with E-state index < -0.39 is 24.2 Å². The maximum atomic E-state index is 14.8. The second kappa shape index (κ2) is 18.1. The van der Waals surface area contributed by atoms with E-state index in [0.29, 0.717) is 17.2 Å². The van der Waals surface area contributed by atoms with Crippen LogP contribution in [0.5, 0.6) is 5.75 Å². The van der Waals surface area contributed by atoms with Gasteiger partial charge in [-0.05, 0) is 93.3 Å². The van der Waals surface area contributed by atoms with Crippen molar-refractivity contribution in [1.82, 2.24) is 20.2 Å². The topological polar surface area (TPSA) is 118 Å². The molecule has 1 aliphatic carbocycles. The molecule has 3 aromatic carbocycles. The molecule has 0 aromatic heterocycles. The SMILES string of the molecule is COc1c(CN2O[C@@H](CO)[C@H]([C@H](C)O)[C@H]2C(=O)N[C@H]2CCC(C)(C)[C@@H](C)[C@@H]2C)cccc1-c1cc(C(=O)N2[C@@H](CN(C)C)CC[C@H]2c2ccccc2)cc(N(C)C)c1. The summed E-state index contributed by atoms with van der Waals surface area (Å²) in [6, 6.07) is 21.4. The Morgan fingerprint density at radius 3 is 2.36 bits per heavy atom. The number of likely N-dealkylation sites (tertiary alicyclic amines) is 1. The predicted molar refractivity (Wildman–Crippen MR) is 229 cm³/mol. The molecule has 316 valence electrons. The number of aliphatic hydroxyl groups excluding tert-OH is 2. The van der Waals surface area contributed by atoms with Gasteiger partial charge in [0.1, 0.15) is 17.9 Å². The number of hydrogen-bond acceptors (Lipinski definition) is 9. The van der Waals surface area contributed by atoms with Crippen LogP contribution in [0.1, 0.15) is 87.8 Å². The molecule has 3 N–H and O–H groups in total. The first kappa shape index (κ1) is 43.6. The molecule has 2 amide bonds. The number of nitrogens with one attached hydrogen (secondary N) is 1. The highest BCUT2D eigenvalue weighted by atomic mass is 16.7. The Morgan fingerprint density at radius 1 is 1.00 bits per heavy atom. The Morgan fingerprint density at radius 2 is 1.72 bits per heavy atom. The number of likely N-dealkylation sites (N-methyl/N-ethyl adjacent to an activating group) is 1. The van der Waals surface area contributed by atoms with Crippen LogP contribution in [-0.2, 0) is 16.2 Å². The van der Waals surface area contributed by atoms with Gasteiger partial charge in [-0.1, -0.05) is 76.2 Å². The van der Waals surface area contributed by atoms with E-state index in [1.807, 2.05) is 67.5 Å². The Labute approximate surface area is 346 Å². The molecule has 9 atom stereocenters. The van der Waals surface area contributed by atoms with Crippen LogP contribution in [0, 0.1) is 23.2 Å². The molecule has 2 saturated heterocycles. The number of carbonyl (C=O) groups excluding carboxylic acids is 2. The zero-order valence-corrected chi connectivity index (χ0v) is 36.3. The Kier molecular flexibility index (Phi) is 13.6. The first-order valence-electron chi connectivity index (χ1n) is 21.1. The van der Waals surface area contributed by atoms with E-state index in [1.165, 1.54) is 0 Å². The first-order valence-corrected chi connectivity index (χ1v) is 21.1. The van der Waals surface area contributed by atoms with Gasteiger partial charge in [-0.2, -0.15) is 5.06 Å². The van der Waals surface area contributed by atoms with Gasteiger partial charge < -0.3 is 35.0 Å². The van der Waals surface area contributed by atoms with Gasteiger partial charge in [-0.15, -0.1) is 0 Å². The molecule has 3 aliphatic rings. The summed E-state index contributed by atoms with van der Waals surface area (Å²) in [5.41, 5.74) is 5.18. The number of para-hydroxylation sites is 1. The van der Waals surface area contributed by atoms with Crippen LogP contribution < -0.4 is 15.0 Å². The van der Waals surface area contributed by atoms with Crippen molar-refractivity contribution in [2.75, 3.05) is 53.4 Å². The highest BCUT2D eigenvalue weighted by molar-refractivity contribution is 5.98. The third kappa shape index (κ3) is 8.94. The van der Waals surface area contributed by atoms with E-state index in [1.54, 1.807) is 19.1 Å². The lowest BCUT2D eigenvalue weighted by Crippen LogP contribution is -2.55. The van der Waals surface area contributed by atoms with Crippen molar-refractivity contribution in [1.29, 1.82) is 0 Å². The standard InChI is InChI=1S/C47H67N5O6/c1-29-30(2)47(4,5)22-21-39(29)48-45(55)43-42(31(3)54)41(28-53)58-51(43)26-33-17-14-18-38(44(33)57-10)34-23-35(25-37(24-34)50(8)9)46(56)52-36(27-49(6)7)19-20-40(52)32-15-12-11-13-16-32/h11-18,23-25,29-31,36,39-43,53-54H,19-22,26-28H2,1-10H3,(H,48,55)/t29-,30-,31-,36+,39-,40-,41-,42-,43-/m0/s1. The van der Waals surface area contributed by atoms with Gasteiger partial charge in [-0.25, -0.2) is 0 Å². The van der Waals surface area contributed by atoms with Gasteiger partial charge in [0, 0.05) is 61.0 Å². The van der Waals surface area contributed by atoms with Gasteiger partial charge in [-0.3, -0.25) is 14.4 Å². The lowest BCUT2D eigenvalue weighted by Gasteiger charge is -2.46. The molecular weight excluding hydrogens is 731 g/mol. The smallest absolute Gasteiger partial charge is 0.254 e. The third-order valence-electron chi connectivity index (χ3n) is 13.6. The lowest BCUT2D eigenvalue weighted by molar-refractivity contribution is -0.182. The Bertz CT molecular complexity index is 1880. The number of rotatable bonds is 13. The molecule has 0 bridgehead atoms. The van der Waals surface area contributed by atoms with Crippen molar-refractivity contribution in [2.45, 2.75) is 103 Å². The van der Waals surface area contributed by atoms with E-state index >= 15 is 0 Å². The summed E-state index contributed by atoms with van der Waals surface area (Å²) in [6.45, 7) is 11.3. The molecule has 58 heavy (non-hydrogen) atoms. The van der Waals surface area contributed by atoms with Crippen LogP contribution in [0.3, 0.4) is 0 Å². The quantitative estimate of drug-likeness (QED) is 0.181. The summed E-state index contributed by atoms with van der Waals surface area (Å²) >= 11 is 0. The minimum Gasteiger partial charge on any atom is -0.496 e. The molecular formula is C47H67N5O6. The largest absolute Gasteiger partial charge is 0.496 e. The van der Waals surface area contributed by atoms with Crippen LogP contribution in [0.15, 0.2) is 66.7 Å². The van der Waals surface area contributed by atoms with Gasteiger partial charge >= 0.3 is 0 Å². The van der Waals surface area contributed by atoms with Crippen LogP contribution in [0.2, 0.25) is 0 Å². The highest BCUT2D eigenvalue weighted by Crippen LogP contribution is 2.45. The summed E-state index contributed by atoms with van der Waals surface area (Å²) in [4.78, 5) is 41.8. The normalized spacial score (nSPS) is 27.8. The fourth-order valence-corrected chi connectivity index (χ4v) is 9.86. The molecule has 0 spiro atoms. The molecule has 2 heterocycles. The number of ether oxygens (including phenoxy) is 1. The van der Waals surface area contributed by atoms with Crippen LogP contribution in [0.4, 0.5) is 5.69 Å². The summed E-state index contributed by atoms with van der Waals surface area (Å²) in [6.07, 6.45) is 2.01. The number of nitrogens with zero attached hydrogens (tertiary/aromatic N) is 4. The Hall–Kier alpha value is -4.00. The summed E-state index contributed by atoms with van der Waals surface area (Å²) in [5, 5.41) is 26.4. The van der Waals surface area contributed by atoms with E-state index in [-0.39, 0.29) is 54.4 Å². The zero-order valence-electron chi connectivity index (χ0n) is 36.3. The summed E-state index contributed by atoms with van der Waals surface area (Å²) in [5.74, 6) is 0.384. The lowest BCUT2D eigenvalue weighted by atomic mass is 9.63. The average molecular weight is 798 g/mol. The van der Waals surface area contributed by atoms with Crippen LogP contribution in [-0.4, -0.2) is 116 Å². The number of aliphatic hydroxyl groups is 2. The van der Waals surface area contributed by atoms with Crippen molar-refractivity contribution in [2.24, 2.45) is 23.2 Å². The average Bonchev–Trinajstić information content (AvgIpc) is 3.79. The number of methoxy groups -OCH3 is 1. The molecule has 2 aliphatic heterocycles. The van der Waals surface area contributed by atoms with Crippen molar-refractivity contribution in [3.05, 3.63) is 83.4 Å². The molecule has 3 fully saturated rings. The van der Waals surface area contributed by atoms with Crippen molar-refractivity contribution >= 4 is 17.5 Å². The molecule has 11 heteroatoms. The summed E-state index contributed by atoms with van der Waals surface area (Å²) < 4.78 is 6.17. The number of anilines is 1. The van der Waals surface area contributed by atoms with E-state index in [2.05, 4.69) is 75.1 Å². The second-order valence-corrected chi connectivity index (χ2v) is 18.2. The van der Waals surface area contributed by atoms with Gasteiger partial charge in [0.15, 0.2) is 0 Å². The maximum Gasteiger partial charge on any atom is 0.254 e. The molecule has 1 saturated carbocycles. The number of hydroxylamine groups is 2. The van der Waals surface area contributed by atoms with E-state index in [0.717, 1.165) is 60.2 Å². The third-order valence-corrected chi connectivity index (χ3v) is 13.6. The van der Waals surface area contributed by atoms with Gasteiger partial charge in [0.25, 0.3) is 5.91 Å². The van der Waals surface area contributed by atoms with Crippen LogP contribution >= 0.6 is 0 Å². The van der Waals surface area contributed by atoms with Gasteiger partial charge in [0.05, 0.1) is 32.4 Å². The number of hydrogen-bond donors (Lipinski definition) is 3. The molecule has 0 unspecified atom stereocenters. The first-order chi connectivity index (χ1) is 27.6. The van der Waals surface area contributed by atoms with Gasteiger partial charge in [0.2, 0.25) is 5.91 Å². The fraction of sp³-hybridized carbons (Fsp3) is 0.574. The monoisotopic (exact) mass is 798 g/mol. The van der Waals surface area contributed by atoms with E-state index in [9.17, 15) is 19.8 Å². The number of amides is 2.